The van der Waals surface area contributed by atoms with E-state index in [1.165, 1.54) is 10.4 Å². The summed E-state index contributed by atoms with van der Waals surface area (Å²) >= 11 is 0. The smallest absolute Gasteiger partial charge is 0.328 e. The molecule has 0 spiro atoms. The van der Waals surface area contributed by atoms with Crippen molar-refractivity contribution in [2.24, 2.45) is 11.7 Å². The third-order valence-corrected chi connectivity index (χ3v) is 6.19. The molecule has 1 aliphatic heterocycles. The maximum absolute atomic E-state index is 13.0. The number of alkyl halides is 3. The molecule has 140 valence electrons. The van der Waals surface area contributed by atoms with Gasteiger partial charge in [0.1, 0.15) is 0 Å². The Labute approximate surface area is 151 Å². The Hall–Kier alpha value is -1.34. The van der Waals surface area contributed by atoms with Gasteiger partial charge in [-0.05, 0) is 43.9 Å². The Morgan fingerprint density at radius 1 is 1.32 bits per heavy atom. The van der Waals surface area contributed by atoms with Crippen LogP contribution in [0.25, 0.3) is 0 Å². The average Bonchev–Trinajstić information content (AvgIpc) is 2.53. The van der Waals surface area contributed by atoms with Crippen molar-refractivity contribution in [1.29, 1.82) is 5.26 Å². The van der Waals surface area contributed by atoms with E-state index >= 15 is 0 Å². The monoisotopic (exact) mass is 397 g/mol. The van der Waals surface area contributed by atoms with Gasteiger partial charge in [0.2, 0.25) is 10.0 Å². The number of rotatable bonds is 3. The third-order valence-electron chi connectivity index (χ3n) is 4.30. The van der Waals surface area contributed by atoms with Gasteiger partial charge in [-0.3, -0.25) is 0 Å². The van der Waals surface area contributed by atoms with Gasteiger partial charge >= 0.3 is 6.18 Å². The molecule has 10 heteroatoms. The molecule has 0 saturated carbocycles. The van der Waals surface area contributed by atoms with Crippen LogP contribution in [-0.4, -0.2) is 31.9 Å². The highest BCUT2D eigenvalue weighted by Crippen LogP contribution is 2.34. The van der Waals surface area contributed by atoms with Crippen molar-refractivity contribution in [3.63, 3.8) is 0 Å². The fourth-order valence-electron chi connectivity index (χ4n) is 2.81. The number of halogens is 4. The summed E-state index contributed by atoms with van der Waals surface area (Å²) in [5, 5.41) is 8.78. The maximum atomic E-state index is 13.0. The van der Waals surface area contributed by atoms with Crippen LogP contribution < -0.4 is 5.73 Å². The molecular formula is C15H19ClF3N3O2S. The van der Waals surface area contributed by atoms with Crippen LogP contribution in [0, 0.1) is 17.2 Å². The number of benzene rings is 1. The molecule has 1 unspecified atom stereocenters. The zero-order valence-corrected chi connectivity index (χ0v) is 15.1. The van der Waals surface area contributed by atoms with Gasteiger partial charge in [-0.15, -0.1) is 12.4 Å². The molecule has 5 nitrogen and oxygen atoms in total. The quantitative estimate of drug-likeness (QED) is 0.849. The number of hydrogen-bond acceptors (Lipinski definition) is 4. The van der Waals surface area contributed by atoms with Gasteiger partial charge in [-0.25, -0.2) is 8.42 Å². The van der Waals surface area contributed by atoms with E-state index in [0.717, 1.165) is 12.1 Å². The Balaban J connectivity index is 0.00000312. The molecule has 1 heterocycles. The molecule has 1 saturated heterocycles. The van der Waals surface area contributed by atoms with Gasteiger partial charge in [0.05, 0.1) is 22.1 Å². The molecule has 2 rings (SSSR count). The van der Waals surface area contributed by atoms with Crippen LogP contribution in [0.3, 0.4) is 0 Å². The fraction of sp³-hybridized carbons (Fsp3) is 0.533. The van der Waals surface area contributed by atoms with Crippen molar-refractivity contribution >= 4 is 22.4 Å². The zero-order valence-electron chi connectivity index (χ0n) is 13.5. The normalized spacial score (nSPS) is 18.2. The molecule has 25 heavy (non-hydrogen) atoms. The highest BCUT2D eigenvalue weighted by Gasteiger charge is 2.36. The molecule has 1 aromatic rings. The van der Waals surface area contributed by atoms with E-state index in [0.29, 0.717) is 18.9 Å². The van der Waals surface area contributed by atoms with E-state index in [2.05, 4.69) is 0 Å². The SMILES string of the molecule is CC(N)C1CCN(S(=O)(=O)c2ccc(C#N)c(C(F)(F)F)c2)CC1.Cl. The summed E-state index contributed by atoms with van der Waals surface area (Å²) in [7, 11) is -4.04. The Morgan fingerprint density at radius 2 is 1.88 bits per heavy atom. The number of hydrogen-bond donors (Lipinski definition) is 1. The number of nitrogens with two attached hydrogens (primary N) is 1. The van der Waals surface area contributed by atoms with Gasteiger partial charge in [0.25, 0.3) is 0 Å². The number of piperidine rings is 1. The van der Waals surface area contributed by atoms with Gasteiger partial charge in [-0.2, -0.15) is 22.7 Å². The molecule has 0 bridgehead atoms. The van der Waals surface area contributed by atoms with E-state index in [-0.39, 0.29) is 37.5 Å². The predicted molar refractivity (Wildman–Crippen MR) is 88.5 cm³/mol. The molecular weight excluding hydrogens is 379 g/mol. The van der Waals surface area contributed by atoms with Crippen LogP contribution in [0.5, 0.6) is 0 Å². The zero-order chi connectivity index (χ0) is 18.1. The summed E-state index contributed by atoms with van der Waals surface area (Å²) in [5.41, 5.74) is 3.97. The summed E-state index contributed by atoms with van der Waals surface area (Å²) in [6.45, 7) is 2.29. The van der Waals surface area contributed by atoms with E-state index in [1.54, 1.807) is 0 Å². The van der Waals surface area contributed by atoms with E-state index in [9.17, 15) is 21.6 Å². The minimum absolute atomic E-state index is 0. The Bertz CT molecular complexity index is 752. The van der Waals surface area contributed by atoms with Crippen LogP contribution in [0.15, 0.2) is 23.1 Å². The van der Waals surface area contributed by atoms with Crippen LogP contribution in [0.4, 0.5) is 13.2 Å². The molecule has 1 fully saturated rings. The summed E-state index contributed by atoms with van der Waals surface area (Å²) in [4.78, 5) is -0.451. The minimum atomic E-state index is -4.79. The maximum Gasteiger partial charge on any atom is 0.417 e. The van der Waals surface area contributed by atoms with E-state index in [1.807, 2.05) is 6.92 Å². The van der Waals surface area contributed by atoms with Gasteiger partial charge in [-0.1, -0.05) is 0 Å². The van der Waals surface area contributed by atoms with Crippen LogP contribution in [0.1, 0.15) is 30.9 Å². The van der Waals surface area contributed by atoms with E-state index in [4.69, 9.17) is 11.0 Å². The first-order chi connectivity index (χ1) is 11.1. The van der Waals surface area contributed by atoms with Gasteiger partial charge < -0.3 is 5.73 Å². The first kappa shape index (κ1) is 21.7. The molecule has 1 aromatic carbocycles. The number of sulfonamides is 1. The van der Waals surface area contributed by atoms with Crippen LogP contribution in [-0.2, 0) is 16.2 Å². The molecule has 1 aliphatic rings. The van der Waals surface area contributed by atoms with Crippen molar-refractivity contribution in [3.8, 4) is 6.07 Å². The van der Waals surface area contributed by atoms with Crippen molar-refractivity contribution in [1.82, 2.24) is 4.31 Å². The van der Waals surface area contributed by atoms with Crippen LogP contribution >= 0.6 is 12.4 Å². The molecule has 0 radical (unpaired) electrons. The molecule has 0 aromatic heterocycles. The largest absolute Gasteiger partial charge is 0.417 e. The van der Waals surface area contributed by atoms with Crippen LogP contribution in [0.2, 0.25) is 0 Å². The summed E-state index contributed by atoms with van der Waals surface area (Å²) in [5.74, 6) is 0.197. The molecule has 2 N–H and O–H groups in total. The van der Waals surface area contributed by atoms with Crippen molar-refractivity contribution in [2.45, 2.75) is 36.9 Å². The summed E-state index contributed by atoms with van der Waals surface area (Å²) in [6.07, 6.45) is -3.66. The minimum Gasteiger partial charge on any atom is -0.328 e. The standard InChI is InChI=1S/C15H18F3N3O2S.ClH/c1-10(20)11-4-6-21(7-5-11)24(22,23)13-3-2-12(9-19)14(8-13)15(16,17)18;/h2-3,8,10-11H,4-7,20H2,1H3;1H. The second-order valence-electron chi connectivity index (χ2n) is 5.92. The molecule has 1 atom stereocenters. The van der Waals surface area contributed by atoms with Crippen molar-refractivity contribution < 1.29 is 21.6 Å². The summed E-state index contributed by atoms with van der Waals surface area (Å²) < 4.78 is 65.4. The molecule has 0 aliphatic carbocycles. The lowest BCUT2D eigenvalue weighted by atomic mass is 9.92. The van der Waals surface area contributed by atoms with Crippen molar-refractivity contribution in [2.75, 3.05) is 13.1 Å². The average molecular weight is 398 g/mol. The van der Waals surface area contributed by atoms with E-state index < -0.39 is 32.2 Å². The number of nitriles is 1. The highest BCUT2D eigenvalue weighted by molar-refractivity contribution is 7.89. The predicted octanol–water partition coefficient (Wildman–Crippen LogP) is 2.75. The fourth-order valence-corrected chi connectivity index (χ4v) is 4.30. The Morgan fingerprint density at radius 3 is 2.32 bits per heavy atom. The topological polar surface area (TPSA) is 87.2 Å². The lowest BCUT2D eigenvalue weighted by Gasteiger charge is -2.33. The first-order valence-electron chi connectivity index (χ1n) is 7.44. The second-order valence-corrected chi connectivity index (χ2v) is 7.86. The molecule has 0 amide bonds. The lowest BCUT2D eigenvalue weighted by molar-refractivity contribution is -0.137. The lowest BCUT2D eigenvalue weighted by Crippen LogP contribution is -2.42. The summed E-state index contributed by atoms with van der Waals surface area (Å²) in [6, 6.07) is 3.85. The van der Waals surface area contributed by atoms with Gasteiger partial charge in [0, 0.05) is 19.1 Å². The number of nitrogens with zero attached hydrogens (tertiary/aromatic N) is 2. The highest BCUT2D eigenvalue weighted by atomic mass is 35.5. The van der Waals surface area contributed by atoms with Gasteiger partial charge in [0.15, 0.2) is 0 Å². The Kier molecular flexibility index (Phi) is 6.87. The second kappa shape index (κ2) is 7.91. The first-order valence-corrected chi connectivity index (χ1v) is 8.88. The third kappa shape index (κ3) is 4.64. The van der Waals surface area contributed by atoms with Crippen molar-refractivity contribution in [3.05, 3.63) is 29.3 Å².